The fourth-order valence-corrected chi connectivity index (χ4v) is 5.59. The van der Waals surface area contributed by atoms with Gasteiger partial charge in [-0.1, -0.05) is 60.7 Å². The van der Waals surface area contributed by atoms with Crippen LogP contribution in [0.25, 0.3) is 21.9 Å². The first-order chi connectivity index (χ1) is 18.2. The molecular weight excluding hydrogens is 460 g/mol. The highest BCUT2D eigenvalue weighted by Gasteiger charge is 2.31. The molecule has 37 heavy (non-hydrogen) atoms. The summed E-state index contributed by atoms with van der Waals surface area (Å²) >= 11 is 0. The molecule has 2 heterocycles. The molecule has 0 atom stereocenters. The van der Waals surface area contributed by atoms with E-state index in [1.165, 1.54) is 11.8 Å². The molecule has 1 aliphatic carbocycles. The Morgan fingerprint density at radius 3 is 2.46 bits per heavy atom. The standard InChI is InChI=1S/C32H28N2O3/c35-31-27-11-5-7-13-30(27)37-21-28(31)32(36)34(20-22-18-25-10-4-6-12-29(25)33-19-22)26-16-14-24(15-17-26)23-8-2-1-3-9-23/h1-13,18-19,21,24,26H,14-17,20H2. The Bertz CT molecular complexity index is 1620. The van der Waals surface area contributed by atoms with Crippen molar-refractivity contribution in [1.29, 1.82) is 0 Å². The molecule has 6 rings (SSSR count). The first-order valence-corrected chi connectivity index (χ1v) is 12.9. The normalized spacial score (nSPS) is 17.6. The largest absolute Gasteiger partial charge is 0.463 e. The summed E-state index contributed by atoms with van der Waals surface area (Å²) in [6.45, 7) is 0.392. The molecule has 0 aliphatic heterocycles. The highest BCUT2D eigenvalue weighted by molar-refractivity contribution is 5.96. The van der Waals surface area contributed by atoms with Crippen LogP contribution in [0.2, 0.25) is 0 Å². The van der Waals surface area contributed by atoms with Gasteiger partial charge in [-0.25, -0.2) is 0 Å². The van der Waals surface area contributed by atoms with E-state index in [9.17, 15) is 9.59 Å². The van der Waals surface area contributed by atoms with E-state index in [-0.39, 0.29) is 22.9 Å². The molecule has 0 radical (unpaired) electrons. The maximum absolute atomic E-state index is 14.0. The molecule has 184 valence electrons. The molecule has 0 spiro atoms. The zero-order valence-corrected chi connectivity index (χ0v) is 20.5. The summed E-state index contributed by atoms with van der Waals surface area (Å²) in [6, 6.07) is 27.7. The Morgan fingerprint density at radius 2 is 1.62 bits per heavy atom. The van der Waals surface area contributed by atoms with Gasteiger partial charge in [-0.3, -0.25) is 14.6 Å². The minimum Gasteiger partial charge on any atom is -0.463 e. The van der Waals surface area contributed by atoms with Gasteiger partial charge in [0.05, 0.1) is 10.9 Å². The van der Waals surface area contributed by atoms with Gasteiger partial charge >= 0.3 is 0 Å². The van der Waals surface area contributed by atoms with Crippen molar-refractivity contribution < 1.29 is 9.21 Å². The second-order valence-corrected chi connectivity index (χ2v) is 9.86. The number of hydrogen-bond acceptors (Lipinski definition) is 4. The highest BCUT2D eigenvalue weighted by Crippen LogP contribution is 2.35. The van der Waals surface area contributed by atoms with Gasteiger partial charge in [0.15, 0.2) is 0 Å². The maximum Gasteiger partial charge on any atom is 0.261 e. The molecule has 5 heteroatoms. The van der Waals surface area contributed by atoms with Crippen molar-refractivity contribution in [2.24, 2.45) is 0 Å². The number of benzene rings is 3. The van der Waals surface area contributed by atoms with Crippen molar-refractivity contribution >= 4 is 27.8 Å². The van der Waals surface area contributed by atoms with Gasteiger partial charge < -0.3 is 9.32 Å². The molecular formula is C32H28N2O3. The van der Waals surface area contributed by atoms with E-state index in [4.69, 9.17) is 4.42 Å². The molecule has 0 bridgehead atoms. The highest BCUT2D eigenvalue weighted by atomic mass is 16.3. The number of amides is 1. The number of nitrogens with zero attached hydrogens (tertiary/aromatic N) is 2. The lowest BCUT2D eigenvalue weighted by atomic mass is 9.81. The van der Waals surface area contributed by atoms with Crippen LogP contribution in [0.1, 0.15) is 53.1 Å². The third-order valence-corrected chi connectivity index (χ3v) is 7.58. The van der Waals surface area contributed by atoms with Crippen molar-refractivity contribution in [3.8, 4) is 0 Å². The van der Waals surface area contributed by atoms with Gasteiger partial charge in [0, 0.05) is 24.2 Å². The Hall–Kier alpha value is -4.25. The van der Waals surface area contributed by atoms with Crippen LogP contribution in [-0.4, -0.2) is 21.8 Å². The van der Waals surface area contributed by atoms with Gasteiger partial charge in [-0.15, -0.1) is 0 Å². The molecule has 5 nitrogen and oxygen atoms in total. The molecule has 1 saturated carbocycles. The predicted molar refractivity (Wildman–Crippen MR) is 146 cm³/mol. The van der Waals surface area contributed by atoms with Crippen LogP contribution in [0.3, 0.4) is 0 Å². The first kappa shape index (κ1) is 23.2. The third-order valence-electron chi connectivity index (χ3n) is 7.58. The predicted octanol–water partition coefficient (Wildman–Crippen LogP) is 6.71. The lowest BCUT2D eigenvalue weighted by Crippen LogP contribution is -2.43. The van der Waals surface area contributed by atoms with Crippen molar-refractivity contribution in [3.05, 3.63) is 124 Å². The van der Waals surface area contributed by atoms with E-state index in [0.29, 0.717) is 23.4 Å². The number of rotatable bonds is 5. The Kier molecular flexibility index (Phi) is 6.27. The van der Waals surface area contributed by atoms with Gasteiger partial charge in [-0.05, 0) is 67.0 Å². The Balaban J connectivity index is 1.33. The number of fused-ring (bicyclic) bond motifs is 2. The van der Waals surface area contributed by atoms with Gasteiger partial charge in [0.25, 0.3) is 5.91 Å². The average molecular weight is 489 g/mol. The third kappa shape index (κ3) is 4.65. The van der Waals surface area contributed by atoms with Gasteiger partial charge in [-0.2, -0.15) is 0 Å². The molecule has 3 aromatic carbocycles. The molecule has 0 saturated heterocycles. The molecule has 2 aromatic heterocycles. The summed E-state index contributed by atoms with van der Waals surface area (Å²) in [6.07, 6.45) is 6.92. The molecule has 5 aromatic rings. The summed E-state index contributed by atoms with van der Waals surface area (Å²) in [4.78, 5) is 33.7. The second kappa shape index (κ2) is 10.0. The lowest BCUT2D eigenvalue weighted by Gasteiger charge is -2.37. The van der Waals surface area contributed by atoms with Crippen LogP contribution >= 0.6 is 0 Å². The van der Waals surface area contributed by atoms with Crippen LogP contribution in [-0.2, 0) is 6.54 Å². The van der Waals surface area contributed by atoms with E-state index in [2.05, 4.69) is 35.3 Å². The van der Waals surface area contributed by atoms with Crippen molar-refractivity contribution in [2.75, 3.05) is 0 Å². The van der Waals surface area contributed by atoms with E-state index in [0.717, 1.165) is 42.1 Å². The minimum atomic E-state index is -0.286. The fraction of sp³-hybridized carbons (Fsp3) is 0.219. The van der Waals surface area contributed by atoms with Crippen LogP contribution < -0.4 is 5.43 Å². The number of hydrogen-bond donors (Lipinski definition) is 0. The lowest BCUT2D eigenvalue weighted by molar-refractivity contribution is 0.0602. The summed E-state index contributed by atoms with van der Waals surface area (Å²) in [5.74, 6) is 0.207. The molecule has 1 aliphatic rings. The quantitative estimate of drug-likeness (QED) is 0.276. The number of pyridine rings is 1. The molecule has 0 N–H and O–H groups in total. The van der Waals surface area contributed by atoms with Crippen molar-refractivity contribution in [3.63, 3.8) is 0 Å². The van der Waals surface area contributed by atoms with E-state index in [1.54, 1.807) is 18.2 Å². The van der Waals surface area contributed by atoms with Crippen LogP contribution in [0.5, 0.6) is 0 Å². The Labute approximate surface area is 215 Å². The van der Waals surface area contributed by atoms with E-state index >= 15 is 0 Å². The summed E-state index contributed by atoms with van der Waals surface area (Å²) in [7, 11) is 0. The van der Waals surface area contributed by atoms with Crippen LogP contribution in [0.15, 0.2) is 107 Å². The van der Waals surface area contributed by atoms with E-state index < -0.39 is 0 Å². The topological polar surface area (TPSA) is 63.4 Å². The fourth-order valence-electron chi connectivity index (χ4n) is 5.59. The maximum atomic E-state index is 14.0. The SMILES string of the molecule is O=C(c1coc2ccccc2c1=O)N(Cc1cnc2ccccc2c1)C1CCC(c2ccccc2)CC1. The monoisotopic (exact) mass is 488 g/mol. The van der Waals surface area contributed by atoms with Crippen molar-refractivity contribution in [2.45, 2.75) is 44.2 Å². The van der Waals surface area contributed by atoms with Gasteiger partial charge in [0.2, 0.25) is 5.43 Å². The minimum absolute atomic E-state index is 0.0322. The number of carbonyl (C=O) groups is 1. The number of aromatic nitrogens is 1. The molecule has 1 fully saturated rings. The summed E-state index contributed by atoms with van der Waals surface area (Å²) < 4.78 is 5.71. The van der Waals surface area contributed by atoms with Crippen LogP contribution in [0, 0.1) is 0 Å². The number of carbonyl (C=O) groups excluding carboxylic acids is 1. The zero-order valence-electron chi connectivity index (χ0n) is 20.5. The number of para-hydroxylation sites is 2. The second-order valence-electron chi connectivity index (χ2n) is 9.86. The van der Waals surface area contributed by atoms with Crippen LogP contribution in [0.4, 0.5) is 0 Å². The molecule has 0 unspecified atom stereocenters. The Morgan fingerprint density at radius 1 is 0.892 bits per heavy atom. The summed E-state index contributed by atoms with van der Waals surface area (Å²) in [5, 5.41) is 1.46. The zero-order chi connectivity index (χ0) is 25.2. The van der Waals surface area contributed by atoms with Crippen molar-refractivity contribution in [1.82, 2.24) is 9.88 Å². The first-order valence-electron chi connectivity index (χ1n) is 12.9. The summed E-state index contributed by atoms with van der Waals surface area (Å²) in [5.41, 5.74) is 3.50. The molecule has 1 amide bonds. The van der Waals surface area contributed by atoms with Gasteiger partial charge in [0.1, 0.15) is 17.4 Å². The van der Waals surface area contributed by atoms with E-state index in [1.807, 2.05) is 47.5 Å². The smallest absolute Gasteiger partial charge is 0.261 e. The average Bonchev–Trinajstić information content (AvgIpc) is 2.96.